The first-order valence-electron chi connectivity index (χ1n) is 7.96. The molecule has 2 fully saturated rings. The number of carboxylic acid groups (broad SMARTS) is 1. The molecule has 0 aromatic rings. The summed E-state index contributed by atoms with van der Waals surface area (Å²) in [4.78, 5) is 24.8. The Bertz CT molecular complexity index is 372. The van der Waals surface area contributed by atoms with E-state index in [1.807, 2.05) is 6.92 Å². The molecule has 1 aliphatic carbocycles. The monoisotopic (exact) mass is 298 g/mol. The third-order valence-corrected chi connectivity index (χ3v) is 4.66. The number of urea groups is 1. The van der Waals surface area contributed by atoms with Crippen LogP contribution in [0.4, 0.5) is 4.79 Å². The Labute approximate surface area is 125 Å². The molecule has 0 aromatic heterocycles. The Kier molecular flexibility index (Phi) is 5.45. The third-order valence-electron chi connectivity index (χ3n) is 4.66. The molecule has 1 saturated heterocycles. The second-order valence-corrected chi connectivity index (χ2v) is 6.08. The maximum absolute atomic E-state index is 12.2. The van der Waals surface area contributed by atoms with Crippen LogP contribution >= 0.6 is 0 Å². The lowest BCUT2D eigenvalue weighted by atomic mass is 9.97. The van der Waals surface area contributed by atoms with Gasteiger partial charge in [0.05, 0.1) is 11.5 Å². The van der Waals surface area contributed by atoms with Gasteiger partial charge < -0.3 is 20.1 Å². The van der Waals surface area contributed by atoms with E-state index in [1.54, 1.807) is 4.90 Å². The summed E-state index contributed by atoms with van der Waals surface area (Å²) in [6.07, 6.45) is 5.39. The largest absolute Gasteiger partial charge is 0.481 e. The highest BCUT2D eigenvalue weighted by atomic mass is 16.5. The van der Waals surface area contributed by atoms with Crippen LogP contribution in [0, 0.1) is 5.92 Å². The summed E-state index contributed by atoms with van der Waals surface area (Å²) in [7, 11) is 0. The molecule has 2 amide bonds. The van der Waals surface area contributed by atoms with Crippen LogP contribution in [0.3, 0.4) is 0 Å². The van der Waals surface area contributed by atoms with Crippen molar-refractivity contribution in [3.8, 4) is 0 Å². The molecule has 21 heavy (non-hydrogen) atoms. The van der Waals surface area contributed by atoms with Crippen LogP contribution in [-0.2, 0) is 9.53 Å². The molecule has 0 unspecified atom stereocenters. The average molecular weight is 298 g/mol. The van der Waals surface area contributed by atoms with Gasteiger partial charge in [0.15, 0.2) is 0 Å². The summed E-state index contributed by atoms with van der Waals surface area (Å²) in [6, 6.07) is -0.0928. The zero-order chi connectivity index (χ0) is 15.3. The summed E-state index contributed by atoms with van der Waals surface area (Å²) < 4.78 is 5.87. The molecule has 120 valence electrons. The fourth-order valence-electron chi connectivity index (χ4n) is 3.38. The lowest BCUT2D eigenvalue weighted by Gasteiger charge is -2.33. The van der Waals surface area contributed by atoms with Gasteiger partial charge in [-0.25, -0.2) is 4.79 Å². The molecule has 0 bridgehead atoms. The van der Waals surface area contributed by atoms with E-state index in [1.165, 1.54) is 0 Å². The van der Waals surface area contributed by atoms with Gasteiger partial charge in [-0.1, -0.05) is 12.8 Å². The zero-order valence-corrected chi connectivity index (χ0v) is 12.8. The molecule has 2 aliphatic rings. The second-order valence-electron chi connectivity index (χ2n) is 6.08. The quantitative estimate of drug-likeness (QED) is 0.812. The molecule has 0 aromatic carbocycles. The topological polar surface area (TPSA) is 78.9 Å². The fourth-order valence-corrected chi connectivity index (χ4v) is 3.38. The number of hydrogen-bond donors (Lipinski definition) is 2. The van der Waals surface area contributed by atoms with E-state index in [0.717, 1.165) is 25.7 Å². The van der Waals surface area contributed by atoms with Crippen LogP contribution in [0.25, 0.3) is 0 Å². The Balaban J connectivity index is 1.78. The Morgan fingerprint density at radius 2 is 1.90 bits per heavy atom. The molecule has 0 spiro atoms. The highest BCUT2D eigenvalue weighted by Gasteiger charge is 2.35. The summed E-state index contributed by atoms with van der Waals surface area (Å²) >= 11 is 0. The van der Waals surface area contributed by atoms with E-state index in [0.29, 0.717) is 39.1 Å². The first kappa shape index (κ1) is 16.1. The van der Waals surface area contributed by atoms with Crippen molar-refractivity contribution in [3.05, 3.63) is 0 Å². The second kappa shape index (κ2) is 7.11. The fraction of sp³-hybridized carbons (Fsp3) is 0.867. The highest BCUT2D eigenvalue weighted by molar-refractivity contribution is 5.75. The minimum atomic E-state index is -0.753. The zero-order valence-electron chi connectivity index (χ0n) is 12.8. The van der Waals surface area contributed by atoms with Gasteiger partial charge in [0.1, 0.15) is 0 Å². The Hall–Kier alpha value is -1.30. The van der Waals surface area contributed by atoms with Gasteiger partial charge in [-0.2, -0.15) is 0 Å². The van der Waals surface area contributed by atoms with Crippen LogP contribution < -0.4 is 5.32 Å². The summed E-state index contributed by atoms with van der Waals surface area (Å²) in [5.41, 5.74) is -0.191. The normalized spacial score (nSPS) is 22.2. The number of nitrogens with one attached hydrogen (secondary N) is 1. The van der Waals surface area contributed by atoms with Crippen molar-refractivity contribution >= 4 is 12.0 Å². The number of amides is 2. The van der Waals surface area contributed by atoms with Crippen LogP contribution in [0.2, 0.25) is 0 Å². The van der Waals surface area contributed by atoms with Crippen molar-refractivity contribution in [1.82, 2.24) is 10.2 Å². The molecular weight excluding hydrogens is 272 g/mol. The summed E-state index contributed by atoms with van der Waals surface area (Å²) in [6.45, 7) is 4.24. The number of hydrogen-bond acceptors (Lipinski definition) is 3. The molecule has 0 radical (unpaired) electrons. The number of rotatable bonds is 5. The number of nitrogens with zero attached hydrogens (tertiary/aromatic N) is 1. The minimum Gasteiger partial charge on any atom is -0.481 e. The van der Waals surface area contributed by atoms with E-state index >= 15 is 0 Å². The summed E-state index contributed by atoms with van der Waals surface area (Å²) in [5, 5.41) is 11.9. The lowest BCUT2D eigenvalue weighted by molar-refractivity contribution is -0.143. The van der Waals surface area contributed by atoms with Crippen molar-refractivity contribution in [2.45, 2.75) is 51.0 Å². The first-order chi connectivity index (χ1) is 10.1. The maximum atomic E-state index is 12.2. The molecule has 2 N–H and O–H groups in total. The van der Waals surface area contributed by atoms with Gasteiger partial charge in [-0.05, 0) is 32.6 Å². The number of carbonyl (C=O) groups is 2. The molecular formula is C15H26N2O4. The Morgan fingerprint density at radius 3 is 2.43 bits per heavy atom. The molecule has 1 saturated carbocycles. The van der Waals surface area contributed by atoms with E-state index in [-0.39, 0.29) is 17.6 Å². The van der Waals surface area contributed by atoms with Gasteiger partial charge in [0.2, 0.25) is 0 Å². The summed E-state index contributed by atoms with van der Waals surface area (Å²) in [5.74, 6) is -1.06. The molecule has 6 heteroatoms. The SMILES string of the molecule is CCOC1(CNC(=O)N2CCC(C(=O)O)CC2)CCCC1. The van der Waals surface area contributed by atoms with Crippen molar-refractivity contribution in [1.29, 1.82) is 0 Å². The number of aliphatic carboxylic acids is 1. The number of carbonyl (C=O) groups excluding carboxylic acids is 1. The van der Waals surface area contributed by atoms with Crippen LogP contribution in [0.15, 0.2) is 0 Å². The van der Waals surface area contributed by atoms with Crippen LogP contribution in [0.5, 0.6) is 0 Å². The molecule has 2 rings (SSSR count). The number of carboxylic acids is 1. The van der Waals surface area contributed by atoms with Gasteiger partial charge >= 0.3 is 12.0 Å². The molecule has 6 nitrogen and oxygen atoms in total. The van der Waals surface area contributed by atoms with Crippen molar-refractivity contribution < 1.29 is 19.4 Å². The third kappa shape index (κ3) is 4.09. The molecule has 1 heterocycles. The number of ether oxygens (including phenoxy) is 1. The predicted molar refractivity (Wildman–Crippen MR) is 78.2 cm³/mol. The highest BCUT2D eigenvalue weighted by Crippen LogP contribution is 2.32. The molecule has 1 aliphatic heterocycles. The van der Waals surface area contributed by atoms with Crippen molar-refractivity contribution in [3.63, 3.8) is 0 Å². The van der Waals surface area contributed by atoms with Gasteiger partial charge in [-0.3, -0.25) is 4.79 Å². The first-order valence-corrected chi connectivity index (χ1v) is 7.96. The van der Waals surface area contributed by atoms with E-state index in [9.17, 15) is 9.59 Å². The van der Waals surface area contributed by atoms with Crippen LogP contribution in [-0.4, -0.2) is 53.8 Å². The van der Waals surface area contributed by atoms with Gasteiger partial charge in [-0.15, -0.1) is 0 Å². The van der Waals surface area contributed by atoms with Crippen molar-refractivity contribution in [2.75, 3.05) is 26.2 Å². The standard InChI is InChI=1S/C15H26N2O4/c1-2-21-15(7-3-4-8-15)11-16-14(20)17-9-5-12(6-10-17)13(18)19/h12H,2-11H2,1H3,(H,16,20)(H,18,19). The van der Waals surface area contributed by atoms with Gasteiger partial charge in [0.25, 0.3) is 0 Å². The predicted octanol–water partition coefficient (Wildman–Crippen LogP) is 1.84. The van der Waals surface area contributed by atoms with E-state index < -0.39 is 5.97 Å². The number of piperidine rings is 1. The Morgan fingerprint density at radius 1 is 1.29 bits per heavy atom. The van der Waals surface area contributed by atoms with E-state index in [2.05, 4.69) is 5.32 Å². The molecule has 0 atom stereocenters. The lowest BCUT2D eigenvalue weighted by Crippen LogP contribution is -2.50. The van der Waals surface area contributed by atoms with Gasteiger partial charge in [0, 0.05) is 26.2 Å². The number of likely N-dealkylation sites (tertiary alicyclic amines) is 1. The van der Waals surface area contributed by atoms with E-state index in [4.69, 9.17) is 9.84 Å². The van der Waals surface area contributed by atoms with Crippen molar-refractivity contribution in [2.24, 2.45) is 5.92 Å². The maximum Gasteiger partial charge on any atom is 0.317 e. The smallest absolute Gasteiger partial charge is 0.317 e. The van der Waals surface area contributed by atoms with Crippen LogP contribution in [0.1, 0.15) is 45.4 Å². The average Bonchev–Trinajstić information content (AvgIpc) is 2.94. The minimum absolute atomic E-state index is 0.0928.